The lowest BCUT2D eigenvalue weighted by molar-refractivity contribution is -0.121. The highest BCUT2D eigenvalue weighted by Gasteiger charge is 2.06. The molecule has 0 spiro atoms. The molecule has 0 radical (unpaired) electrons. The number of halogens is 1. The Bertz CT molecular complexity index is 585. The molecule has 1 heterocycles. The van der Waals surface area contributed by atoms with Crippen molar-refractivity contribution in [2.75, 3.05) is 12.4 Å². The number of carbonyl (C=O) groups excluding carboxylic acids is 1. The zero-order valence-corrected chi connectivity index (χ0v) is 12.0. The number of benzene rings is 1. The molecule has 2 N–H and O–H groups in total. The maximum Gasteiger partial charge on any atom is 0.220 e. The quantitative estimate of drug-likeness (QED) is 0.860. The molecule has 4 nitrogen and oxygen atoms in total. The van der Waals surface area contributed by atoms with Gasteiger partial charge in [0.15, 0.2) is 5.13 Å². The lowest BCUT2D eigenvalue weighted by atomic mass is 10.1. The topological polar surface area (TPSA) is 54.0 Å². The molecule has 0 bridgehead atoms. The Morgan fingerprint density at radius 2 is 2.20 bits per heavy atom. The number of carbonyl (C=O) groups is 1. The Hall–Kier alpha value is -1.95. The summed E-state index contributed by atoms with van der Waals surface area (Å²) in [5, 5.41) is 8.43. The van der Waals surface area contributed by atoms with Gasteiger partial charge in [0.05, 0.1) is 12.2 Å². The summed E-state index contributed by atoms with van der Waals surface area (Å²) in [6, 6.07) is 6.51. The van der Waals surface area contributed by atoms with Crippen molar-refractivity contribution in [3.63, 3.8) is 0 Å². The smallest absolute Gasteiger partial charge is 0.220 e. The van der Waals surface area contributed by atoms with Gasteiger partial charge >= 0.3 is 0 Å². The zero-order chi connectivity index (χ0) is 14.4. The van der Waals surface area contributed by atoms with Crippen molar-refractivity contribution in [2.24, 2.45) is 0 Å². The van der Waals surface area contributed by atoms with E-state index in [1.54, 1.807) is 25.2 Å². The Labute approximate surface area is 121 Å². The number of amides is 1. The number of aryl methyl sites for hydroxylation is 1. The highest BCUT2D eigenvalue weighted by Crippen LogP contribution is 2.14. The monoisotopic (exact) mass is 293 g/mol. The van der Waals surface area contributed by atoms with E-state index in [0.717, 1.165) is 10.8 Å². The molecule has 2 aromatic rings. The average molecular weight is 293 g/mol. The number of hydrogen-bond donors (Lipinski definition) is 2. The van der Waals surface area contributed by atoms with Gasteiger partial charge < -0.3 is 10.6 Å². The fraction of sp³-hybridized carbons (Fsp3) is 0.286. The number of nitrogens with one attached hydrogen (secondary N) is 2. The van der Waals surface area contributed by atoms with Crippen LogP contribution in [0.25, 0.3) is 0 Å². The van der Waals surface area contributed by atoms with Gasteiger partial charge in [0.1, 0.15) is 5.82 Å². The van der Waals surface area contributed by atoms with Gasteiger partial charge in [-0.25, -0.2) is 9.37 Å². The Morgan fingerprint density at radius 1 is 1.40 bits per heavy atom. The molecule has 0 aliphatic carbocycles. The van der Waals surface area contributed by atoms with Gasteiger partial charge in [-0.15, -0.1) is 11.3 Å². The maximum atomic E-state index is 13.4. The standard InChI is InChI=1S/C14H16FN3OS/c1-16-14-18-11(9-20-14)8-17-13(19)7-6-10-4-2-3-5-12(10)15/h2-5,9H,6-8H2,1H3,(H,16,18)(H,17,19). The summed E-state index contributed by atoms with van der Waals surface area (Å²) in [6.07, 6.45) is 0.668. The van der Waals surface area contributed by atoms with Crippen LogP contribution in [0.15, 0.2) is 29.6 Å². The van der Waals surface area contributed by atoms with Crippen LogP contribution in [0.1, 0.15) is 17.7 Å². The van der Waals surface area contributed by atoms with Gasteiger partial charge in [-0.2, -0.15) is 0 Å². The fourth-order valence-electron chi connectivity index (χ4n) is 1.73. The summed E-state index contributed by atoms with van der Waals surface area (Å²) in [6.45, 7) is 0.397. The Balaban J connectivity index is 1.77. The number of thiazole rings is 1. The molecule has 0 unspecified atom stereocenters. The minimum absolute atomic E-state index is 0.104. The van der Waals surface area contributed by atoms with Crippen LogP contribution < -0.4 is 10.6 Å². The molecule has 6 heteroatoms. The van der Waals surface area contributed by atoms with Gasteiger partial charge in [-0.05, 0) is 18.1 Å². The summed E-state index contributed by atoms with van der Waals surface area (Å²) < 4.78 is 13.4. The van der Waals surface area contributed by atoms with Crippen LogP contribution >= 0.6 is 11.3 Å². The van der Waals surface area contributed by atoms with Crippen LogP contribution in [0.3, 0.4) is 0 Å². The minimum atomic E-state index is -0.265. The molecule has 2 rings (SSSR count). The van der Waals surface area contributed by atoms with Crippen molar-refractivity contribution in [1.82, 2.24) is 10.3 Å². The van der Waals surface area contributed by atoms with Crippen LogP contribution in [0, 0.1) is 5.82 Å². The molecule has 0 aliphatic heterocycles. The summed E-state index contributed by atoms with van der Waals surface area (Å²) in [5.74, 6) is -0.370. The molecule has 1 aromatic heterocycles. The molecule has 106 valence electrons. The second-order valence-electron chi connectivity index (χ2n) is 4.26. The molecule has 1 amide bonds. The highest BCUT2D eigenvalue weighted by atomic mass is 32.1. The van der Waals surface area contributed by atoms with Crippen LogP contribution in [0.4, 0.5) is 9.52 Å². The van der Waals surface area contributed by atoms with Crippen molar-refractivity contribution in [3.8, 4) is 0 Å². The zero-order valence-electron chi connectivity index (χ0n) is 11.1. The normalized spacial score (nSPS) is 10.3. The number of aromatic nitrogens is 1. The third-order valence-electron chi connectivity index (χ3n) is 2.81. The molecule has 20 heavy (non-hydrogen) atoms. The minimum Gasteiger partial charge on any atom is -0.365 e. The van der Waals surface area contributed by atoms with E-state index in [1.165, 1.54) is 17.4 Å². The third kappa shape index (κ3) is 4.03. The molecule has 0 aliphatic rings. The van der Waals surface area contributed by atoms with Crippen LogP contribution in [-0.2, 0) is 17.8 Å². The van der Waals surface area contributed by atoms with Crippen molar-refractivity contribution < 1.29 is 9.18 Å². The number of nitrogens with zero attached hydrogens (tertiary/aromatic N) is 1. The predicted octanol–water partition coefficient (Wildman–Crippen LogP) is 2.57. The van der Waals surface area contributed by atoms with Crippen LogP contribution in [-0.4, -0.2) is 17.9 Å². The third-order valence-corrected chi connectivity index (χ3v) is 3.72. The van der Waals surface area contributed by atoms with Crippen molar-refractivity contribution in [1.29, 1.82) is 0 Å². The first-order valence-corrected chi connectivity index (χ1v) is 7.19. The van der Waals surface area contributed by atoms with Crippen molar-refractivity contribution in [3.05, 3.63) is 46.7 Å². The lowest BCUT2D eigenvalue weighted by Gasteiger charge is -2.04. The van der Waals surface area contributed by atoms with E-state index in [2.05, 4.69) is 15.6 Å². The Morgan fingerprint density at radius 3 is 2.90 bits per heavy atom. The molecule has 0 fully saturated rings. The van der Waals surface area contributed by atoms with E-state index in [0.29, 0.717) is 18.5 Å². The van der Waals surface area contributed by atoms with E-state index in [9.17, 15) is 9.18 Å². The van der Waals surface area contributed by atoms with Gasteiger partial charge in [0.2, 0.25) is 5.91 Å². The van der Waals surface area contributed by atoms with Gasteiger partial charge in [0, 0.05) is 18.8 Å². The maximum absolute atomic E-state index is 13.4. The van der Waals surface area contributed by atoms with Gasteiger partial charge in [0.25, 0.3) is 0 Å². The SMILES string of the molecule is CNc1nc(CNC(=O)CCc2ccccc2F)cs1. The second kappa shape index (κ2) is 7.00. The lowest BCUT2D eigenvalue weighted by Crippen LogP contribution is -2.23. The molecule has 0 saturated carbocycles. The van der Waals surface area contributed by atoms with Crippen molar-refractivity contribution in [2.45, 2.75) is 19.4 Å². The molecule has 0 saturated heterocycles. The van der Waals surface area contributed by atoms with Crippen LogP contribution in [0.5, 0.6) is 0 Å². The first kappa shape index (κ1) is 14.5. The van der Waals surface area contributed by atoms with E-state index in [1.807, 2.05) is 5.38 Å². The fourth-order valence-corrected chi connectivity index (χ4v) is 2.40. The Kier molecular flexibility index (Phi) is 5.06. The first-order chi connectivity index (χ1) is 9.69. The molecule has 1 aromatic carbocycles. The van der Waals surface area contributed by atoms with Crippen molar-refractivity contribution >= 4 is 22.4 Å². The summed E-state index contributed by atoms with van der Waals surface area (Å²) >= 11 is 1.49. The van der Waals surface area contributed by atoms with E-state index < -0.39 is 0 Å². The molecular weight excluding hydrogens is 277 g/mol. The average Bonchev–Trinajstić information content (AvgIpc) is 2.92. The molecular formula is C14H16FN3OS. The van der Waals surface area contributed by atoms with Crippen LogP contribution in [0.2, 0.25) is 0 Å². The summed E-state index contributed by atoms with van der Waals surface area (Å²) in [7, 11) is 1.80. The summed E-state index contributed by atoms with van der Waals surface area (Å²) in [4.78, 5) is 16.0. The van der Waals surface area contributed by atoms with Gasteiger partial charge in [-0.1, -0.05) is 18.2 Å². The number of anilines is 1. The van der Waals surface area contributed by atoms with Gasteiger partial charge in [-0.3, -0.25) is 4.79 Å². The first-order valence-electron chi connectivity index (χ1n) is 6.31. The predicted molar refractivity (Wildman–Crippen MR) is 78.2 cm³/mol. The largest absolute Gasteiger partial charge is 0.365 e. The summed E-state index contributed by atoms with van der Waals surface area (Å²) in [5.41, 5.74) is 1.38. The van der Waals surface area contributed by atoms with E-state index >= 15 is 0 Å². The number of rotatable bonds is 6. The van der Waals surface area contributed by atoms with E-state index in [4.69, 9.17) is 0 Å². The second-order valence-corrected chi connectivity index (χ2v) is 5.12. The highest BCUT2D eigenvalue weighted by molar-refractivity contribution is 7.13. The van der Waals surface area contributed by atoms with E-state index in [-0.39, 0.29) is 18.1 Å². The number of hydrogen-bond acceptors (Lipinski definition) is 4. The molecule has 0 atom stereocenters.